The third-order valence-electron chi connectivity index (χ3n) is 5.15. The van der Waals surface area contributed by atoms with Gasteiger partial charge in [0.1, 0.15) is 11.6 Å². The Morgan fingerprint density at radius 1 is 1.33 bits per heavy atom. The van der Waals surface area contributed by atoms with Gasteiger partial charge in [0.2, 0.25) is 0 Å². The Morgan fingerprint density at radius 3 is 2.93 bits per heavy atom. The Balaban J connectivity index is 1.28. The molecule has 1 aliphatic heterocycles. The highest BCUT2D eigenvalue weighted by Crippen LogP contribution is 2.21. The molecule has 1 saturated heterocycles. The zero-order valence-electron chi connectivity index (χ0n) is 17.2. The number of aromatic nitrogens is 4. The van der Waals surface area contributed by atoms with E-state index in [2.05, 4.69) is 20.0 Å². The Morgan fingerprint density at radius 2 is 2.20 bits per heavy atom. The molecule has 0 aliphatic carbocycles. The first-order valence-electron chi connectivity index (χ1n) is 10.3. The lowest BCUT2D eigenvalue weighted by atomic mass is 10.2. The zero-order valence-corrected chi connectivity index (χ0v) is 17.2. The van der Waals surface area contributed by atoms with E-state index < -0.39 is 0 Å². The third-order valence-corrected chi connectivity index (χ3v) is 5.15. The monoisotopic (exact) mass is 409 g/mol. The van der Waals surface area contributed by atoms with Crippen LogP contribution < -0.4 is 10.1 Å². The average Bonchev–Trinajstić information content (AvgIpc) is 3.51. The lowest BCUT2D eigenvalue weighted by Gasteiger charge is -2.12. The van der Waals surface area contributed by atoms with Crippen LogP contribution in [0.3, 0.4) is 0 Å². The second-order valence-corrected chi connectivity index (χ2v) is 7.47. The Labute approximate surface area is 175 Å². The van der Waals surface area contributed by atoms with Gasteiger partial charge in [-0.15, -0.1) is 0 Å². The summed E-state index contributed by atoms with van der Waals surface area (Å²) in [6.45, 7) is 2.14. The van der Waals surface area contributed by atoms with Crippen molar-refractivity contribution in [2.45, 2.75) is 31.9 Å². The summed E-state index contributed by atoms with van der Waals surface area (Å²) in [5, 5.41) is 7.07. The molecule has 3 aromatic rings. The SMILES string of the molecule is Cn1cc(CCn2ccnc2-c2ccc(OCC(=O)NCC3CCCO3)cc2)cn1. The fourth-order valence-corrected chi connectivity index (χ4v) is 3.53. The molecule has 8 nitrogen and oxygen atoms in total. The summed E-state index contributed by atoms with van der Waals surface area (Å²) in [5.74, 6) is 1.42. The Hall–Kier alpha value is -3.13. The molecule has 0 bridgehead atoms. The summed E-state index contributed by atoms with van der Waals surface area (Å²) >= 11 is 0. The summed E-state index contributed by atoms with van der Waals surface area (Å²) < 4.78 is 15.0. The molecule has 3 heterocycles. The fourth-order valence-electron chi connectivity index (χ4n) is 3.53. The van der Waals surface area contributed by atoms with E-state index in [0.29, 0.717) is 12.3 Å². The second kappa shape index (κ2) is 9.58. The highest BCUT2D eigenvalue weighted by Gasteiger charge is 2.16. The predicted octanol–water partition coefficient (Wildman–Crippen LogP) is 2.20. The van der Waals surface area contributed by atoms with E-state index in [1.54, 1.807) is 6.20 Å². The topological polar surface area (TPSA) is 83.2 Å². The number of imidazole rings is 1. The molecule has 1 atom stereocenters. The molecule has 158 valence electrons. The molecule has 1 aromatic carbocycles. The van der Waals surface area contributed by atoms with Crippen molar-refractivity contribution < 1.29 is 14.3 Å². The number of rotatable bonds is 9. The number of aryl methyl sites for hydroxylation is 3. The van der Waals surface area contributed by atoms with E-state index in [1.807, 2.05) is 54.6 Å². The smallest absolute Gasteiger partial charge is 0.258 e. The van der Waals surface area contributed by atoms with Crippen molar-refractivity contribution in [3.8, 4) is 17.1 Å². The molecule has 2 aromatic heterocycles. The molecule has 0 saturated carbocycles. The number of ether oxygens (including phenoxy) is 2. The van der Waals surface area contributed by atoms with Crippen LogP contribution in [0.5, 0.6) is 5.75 Å². The van der Waals surface area contributed by atoms with Crippen LogP contribution in [0.1, 0.15) is 18.4 Å². The maximum absolute atomic E-state index is 12.0. The summed E-state index contributed by atoms with van der Waals surface area (Å²) in [6, 6.07) is 7.65. The van der Waals surface area contributed by atoms with Crippen LogP contribution >= 0.6 is 0 Å². The lowest BCUT2D eigenvalue weighted by molar-refractivity contribution is -0.123. The number of nitrogens with one attached hydrogen (secondary N) is 1. The molecule has 4 rings (SSSR count). The van der Waals surface area contributed by atoms with Crippen molar-refractivity contribution in [3.05, 3.63) is 54.6 Å². The van der Waals surface area contributed by atoms with Crippen LogP contribution in [0.4, 0.5) is 0 Å². The molecule has 1 N–H and O–H groups in total. The second-order valence-electron chi connectivity index (χ2n) is 7.47. The normalized spacial score (nSPS) is 16.0. The highest BCUT2D eigenvalue weighted by molar-refractivity contribution is 5.77. The summed E-state index contributed by atoms with van der Waals surface area (Å²) in [5.41, 5.74) is 2.19. The van der Waals surface area contributed by atoms with Gasteiger partial charge < -0.3 is 19.4 Å². The number of benzene rings is 1. The minimum absolute atomic E-state index is 0.00813. The Bertz CT molecular complexity index is 957. The van der Waals surface area contributed by atoms with Gasteiger partial charge >= 0.3 is 0 Å². The van der Waals surface area contributed by atoms with Crippen molar-refractivity contribution in [2.75, 3.05) is 19.8 Å². The van der Waals surface area contributed by atoms with E-state index in [0.717, 1.165) is 43.8 Å². The van der Waals surface area contributed by atoms with Crippen LogP contribution in [0, 0.1) is 0 Å². The van der Waals surface area contributed by atoms with E-state index >= 15 is 0 Å². The van der Waals surface area contributed by atoms with Crippen LogP contribution in [-0.4, -0.2) is 51.1 Å². The molecular weight excluding hydrogens is 382 g/mol. The minimum atomic E-state index is -0.138. The van der Waals surface area contributed by atoms with Gasteiger partial charge in [0.25, 0.3) is 5.91 Å². The zero-order chi connectivity index (χ0) is 20.8. The largest absolute Gasteiger partial charge is 0.484 e. The number of nitrogens with zero attached hydrogens (tertiary/aromatic N) is 4. The summed E-state index contributed by atoms with van der Waals surface area (Å²) in [4.78, 5) is 16.4. The fraction of sp³-hybridized carbons (Fsp3) is 0.409. The molecule has 1 aliphatic rings. The van der Waals surface area contributed by atoms with Crippen LogP contribution in [0.15, 0.2) is 49.1 Å². The Kier molecular flexibility index (Phi) is 6.44. The molecule has 30 heavy (non-hydrogen) atoms. The van der Waals surface area contributed by atoms with Crippen LogP contribution in [0.25, 0.3) is 11.4 Å². The van der Waals surface area contributed by atoms with Crippen molar-refractivity contribution in [1.29, 1.82) is 0 Å². The van der Waals surface area contributed by atoms with E-state index in [1.165, 1.54) is 5.56 Å². The molecule has 8 heteroatoms. The average molecular weight is 409 g/mol. The highest BCUT2D eigenvalue weighted by atomic mass is 16.5. The lowest BCUT2D eigenvalue weighted by Crippen LogP contribution is -2.35. The quantitative estimate of drug-likeness (QED) is 0.586. The number of hydrogen-bond acceptors (Lipinski definition) is 5. The third kappa shape index (κ3) is 5.27. The first kappa shape index (κ1) is 20.2. The van der Waals surface area contributed by atoms with Gasteiger partial charge in [0, 0.05) is 50.9 Å². The maximum atomic E-state index is 12.0. The van der Waals surface area contributed by atoms with Crippen molar-refractivity contribution in [2.24, 2.45) is 7.05 Å². The van der Waals surface area contributed by atoms with Gasteiger partial charge in [0.05, 0.1) is 12.3 Å². The van der Waals surface area contributed by atoms with Gasteiger partial charge in [-0.05, 0) is 49.1 Å². The summed E-state index contributed by atoms with van der Waals surface area (Å²) in [6.07, 6.45) is 10.8. The van der Waals surface area contributed by atoms with Gasteiger partial charge in [-0.2, -0.15) is 5.10 Å². The number of carbonyl (C=O) groups excluding carboxylic acids is 1. The predicted molar refractivity (Wildman–Crippen MR) is 112 cm³/mol. The van der Waals surface area contributed by atoms with Gasteiger partial charge in [0.15, 0.2) is 6.61 Å². The van der Waals surface area contributed by atoms with Crippen molar-refractivity contribution >= 4 is 5.91 Å². The number of amides is 1. The van der Waals surface area contributed by atoms with Gasteiger partial charge in [-0.3, -0.25) is 9.48 Å². The first-order valence-corrected chi connectivity index (χ1v) is 10.3. The van der Waals surface area contributed by atoms with Gasteiger partial charge in [-0.1, -0.05) is 0 Å². The molecule has 0 radical (unpaired) electrons. The van der Waals surface area contributed by atoms with E-state index in [4.69, 9.17) is 9.47 Å². The molecule has 1 unspecified atom stereocenters. The minimum Gasteiger partial charge on any atom is -0.484 e. The first-order chi connectivity index (χ1) is 14.7. The van der Waals surface area contributed by atoms with Gasteiger partial charge in [-0.25, -0.2) is 4.98 Å². The van der Waals surface area contributed by atoms with Crippen molar-refractivity contribution in [3.63, 3.8) is 0 Å². The maximum Gasteiger partial charge on any atom is 0.258 e. The van der Waals surface area contributed by atoms with Crippen LogP contribution in [-0.2, 0) is 29.5 Å². The standard InChI is InChI=1S/C22H27N5O3/c1-26-15-17(13-25-26)8-10-27-11-9-23-22(27)18-4-6-19(7-5-18)30-16-21(28)24-14-20-3-2-12-29-20/h4-7,9,11,13,15,20H,2-3,8,10,12,14,16H2,1H3,(H,24,28). The molecule has 0 spiro atoms. The van der Waals surface area contributed by atoms with E-state index in [9.17, 15) is 4.79 Å². The molecule has 1 amide bonds. The number of hydrogen-bond donors (Lipinski definition) is 1. The van der Waals surface area contributed by atoms with Crippen molar-refractivity contribution in [1.82, 2.24) is 24.6 Å². The summed E-state index contributed by atoms with van der Waals surface area (Å²) in [7, 11) is 1.92. The number of carbonyl (C=O) groups is 1. The van der Waals surface area contributed by atoms with Crippen LogP contribution in [0.2, 0.25) is 0 Å². The molecule has 1 fully saturated rings. The van der Waals surface area contributed by atoms with E-state index in [-0.39, 0.29) is 18.6 Å². The molecular formula is C22H27N5O3.